The summed E-state index contributed by atoms with van der Waals surface area (Å²) in [6, 6.07) is 14.4. The number of nitrogens with two attached hydrogens (primary N) is 1. The van der Waals surface area contributed by atoms with Gasteiger partial charge in [0.1, 0.15) is 5.75 Å². The fourth-order valence-corrected chi connectivity index (χ4v) is 2.15. The van der Waals surface area contributed by atoms with Crippen molar-refractivity contribution in [1.29, 1.82) is 0 Å². The standard InChI is InChI=1S/C17H22N2O/c1-4-13-6-8-15(9-7-13)19(3)16-10-14(18)11-17(12-16)20-5-2/h6-12H,4-5,18H2,1-3H3. The molecule has 2 aromatic carbocycles. The number of ether oxygens (including phenoxy) is 1. The summed E-state index contributed by atoms with van der Waals surface area (Å²) in [6.07, 6.45) is 1.05. The Morgan fingerprint density at radius 2 is 1.70 bits per heavy atom. The van der Waals surface area contributed by atoms with Crippen molar-refractivity contribution in [2.24, 2.45) is 0 Å². The van der Waals surface area contributed by atoms with Gasteiger partial charge in [0.05, 0.1) is 6.61 Å². The van der Waals surface area contributed by atoms with Gasteiger partial charge in [0.2, 0.25) is 0 Å². The average Bonchev–Trinajstić information content (AvgIpc) is 2.46. The number of hydrogen-bond acceptors (Lipinski definition) is 3. The molecule has 0 aromatic heterocycles. The van der Waals surface area contributed by atoms with E-state index in [9.17, 15) is 0 Å². The third-order valence-electron chi connectivity index (χ3n) is 3.34. The molecule has 3 heteroatoms. The highest BCUT2D eigenvalue weighted by atomic mass is 16.5. The second-order valence-electron chi connectivity index (χ2n) is 4.77. The molecular weight excluding hydrogens is 248 g/mol. The summed E-state index contributed by atoms with van der Waals surface area (Å²) in [5.41, 5.74) is 10.2. The van der Waals surface area contributed by atoms with E-state index in [1.54, 1.807) is 0 Å². The van der Waals surface area contributed by atoms with Crippen LogP contribution in [0.15, 0.2) is 42.5 Å². The van der Waals surface area contributed by atoms with Gasteiger partial charge < -0.3 is 15.4 Å². The van der Waals surface area contributed by atoms with Gasteiger partial charge in [-0.1, -0.05) is 19.1 Å². The molecule has 0 bridgehead atoms. The molecule has 0 saturated heterocycles. The highest BCUT2D eigenvalue weighted by Gasteiger charge is 2.07. The molecule has 0 aliphatic rings. The highest BCUT2D eigenvalue weighted by molar-refractivity contribution is 5.68. The van der Waals surface area contributed by atoms with Crippen molar-refractivity contribution in [2.45, 2.75) is 20.3 Å². The Hall–Kier alpha value is -2.16. The van der Waals surface area contributed by atoms with E-state index in [1.807, 2.05) is 32.2 Å². The zero-order valence-corrected chi connectivity index (χ0v) is 12.4. The summed E-state index contributed by atoms with van der Waals surface area (Å²) < 4.78 is 5.54. The van der Waals surface area contributed by atoms with Crippen LogP contribution < -0.4 is 15.4 Å². The first-order valence-electron chi connectivity index (χ1n) is 7.00. The molecule has 3 nitrogen and oxygen atoms in total. The topological polar surface area (TPSA) is 38.5 Å². The van der Waals surface area contributed by atoms with Gasteiger partial charge in [0.25, 0.3) is 0 Å². The minimum atomic E-state index is 0.637. The van der Waals surface area contributed by atoms with E-state index in [0.29, 0.717) is 12.3 Å². The van der Waals surface area contributed by atoms with Crippen molar-refractivity contribution in [2.75, 3.05) is 24.3 Å². The number of anilines is 3. The van der Waals surface area contributed by atoms with Crippen LogP contribution >= 0.6 is 0 Å². The molecule has 0 aliphatic heterocycles. The normalized spacial score (nSPS) is 10.3. The maximum absolute atomic E-state index is 5.94. The summed E-state index contributed by atoms with van der Waals surface area (Å²) in [5.74, 6) is 0.805. The average molecular weight is 270 g/mol. The van der Waals surface area contributed by atoms with Crippen LogP contribution in [0.1, 0.15) is 19.4 Å². The largest absolute Gasteiger partial charge is 0.494 e. The Kier molecular flexibility index (Phi) is 4.51. The summed E-state index contributed by atoms with van der Waals surface area (Å²) in [7, 11) is 2.03. The van der Waals surface area contributed by atoms with Crippen LogP contribution in [0.3, 0.4) is 0 Å². The minimum absolute atomic E-state index is 0.637. The van der Waals surface area contributed by atoms with E-state index in [-0.39, 0.29) is 0 Å². The van der Waals surface area contributed by atoms with Gasteiger partial charge in [-0.05, 0) is 37.1 Å². The lowest BCUT2D eigenvalue weighted by molar-refractivity contribution is 0.340. The fourth-order valence-electron chi connectivity index (χ4n) is 2.15. The zero-order chi connectivity index (χ0) is 14.5. The quantitative estimate of drug-likeness (QED) is 0.835. The summed E-state index contributed by atoms with van der Waals surface area (Å²) in [5, 5.41) is 0. The number of benzene rings is 2. The zero-order valence-electron chi connectivity index (χ0n) is 12.4. The second kappa shape index (κ2) is 6.33. The fraction of sp³-hybridized carbons (Fsp3) is 0.294. The molecule has 2 aromatic rings. The number of rotatable bonds is 5. The van der Waals surface area contributed by atoms with Crippen LogP contribution in [0.4, 0.5) is 17.1 Å². The third kappa shape index (κ3) is 3.23. The molecule has 106 valence electrons. The third-order valence-corrected chi connectivity index (χ3v) is 3.34. The molecule has 0 spiro atoms. The van der Waals surface area contributed by atoms with Crippen molar-refractivity contribution in [3.63, 3.8) is 0 Å². The number of aryl methyl sites for hydroxylation is 1. The number of nitrogens with zero attached hydrogens (tertiary/aromatic N) is 1. The van der Waals surface area contributed by atoms with Gasteiger partial charge in [0.15, 0.2) is 0 Å². The van der Waals surface area contributed by atoms with Gasteiger partial charge in [0, 0.05) is 36.2 Å². The number of nitrogen functional groups attached to an aromatic ring is 1. The van der Waals surface area contributed by atoms with Crippen molar-refractivity contribution in [3.8, 4) is 5.75 Å². The van der Waals surface area contributed by atoms with Crippen molar-refractivity contribution in [1.82, 2.24) is 0 Å². The van der Waals surface area contributed by atoms with E-state index < -0.39 is 0 Å². The molecule has 0 heterocycles. The van der Waals surface area contributed by atoms with E-state index >= 15 is 0 Å². The predicted molar refractivity (Wildman–Crippen MR) is 85.9 cm³/mol. The van der Waals surface area contributed by atoms with Gasteiger partial charge in [-0.3, -0.25) is 0 Å². The van der Waals surface area contributed by atoms with Gasteiger partial charge >= 0.3 is 0 Å². The molecule has 0 saturated carbocycles. The molecule has 0 radical (unpaired) electrons. The molecule has 0 atom stereocenters. The molecule has 0 fully saturated rings. The van der Waals surface area contributed by atoms with Crippen molar-refractivity contribution < 1.29 is 4.74 Å². The van der Waals surface area contributed by atoms with Crippen LogP contribution in [0.2, 0.25) is 0 Å². The van der Waals surface area contributed by atoms with E-state index in [1.165, 1.54) is 5.56 Å². The smallest absolute Gasteiger partial charge is 0.123 e. The molecule has 0 unspecified atom stereocenters. The Labute approximate surface area is 121 Å². The van der Waals surface area contributed by atoms with Crippen molar-refractivity contribution >= 4 is 17.1 Å². The minimum Gasteiger partial charge on any atom is -0.494 e. The Bertz CT molecular complexity index is 564. The number of hydrogen-bond donors (Lipinski definition) is 1. The highest BCUT2D eigenvalue weighted by Crippen LogP contribution is 2.29. The van der Waals surface area contributed by atoms with Crippen LogP contribution in [0, 0.1) is 0 Å². The summed E-state index contributed by atoms with van der Waals surface area (Å²) in [6.45, 7) is 4.76. The first kappa shape index (κ1) is 14.3. The molecule has 0 amide bonds. The van der Waals surface area contributed by atoms with Gasteiger partial charge in [-0.25, -0.2) is 0 Å². The maximum Gasteiger partial charge on any atom is 0.123 e. The second-order valence-corrected chi connectivity index (χ2v) is 4.77. The lowest BCUT2D eigenvalue weighted by Gasteiger charge is -2.21. The van der Waals surface area contributed by atoms with Crippen LogP contribution in [-0.2, 0) is 6.42 Å². The maximum atomic E-state index is 5.94. The Morgan fingerprint density at radius 3 is 2.30 bits per heavy atom. The monoisotopic (exact) mass is 270 g/mol. The van der Waals surface area contributed by atoms with Crippen LogP contribution in [0.25, 0.3) is 0 Å². The first-order chi connectivity index (χ1) is 9.63. The molecule has 0 aliphatic carbocycles. The van der Waals surface area contributed by atoms with E-state index in [0.717, 1.165) is 23.5 Å². The Balaban J connectivity index is 2.29. The predicted octanol–water partition coefficient (Wildman–Crippen LogP) is 4.00. The van der Waals surface area contributed by atoms with E-state index in [4.69, 9.17) is 10.5 Å². The van der Waals surface area contributed by atoms with Gasteiger partial charge in [-0.2, -0.15) is 0 Å². The molecule has 2 N–H and O–H groups in total. The molecule has 20 heavy (non-hydrogen) atoms. The van der Waals surface area contributed by atoms with Gasteiger partial charge in [-0.15, -0.1) is 0 Å². The molecule has 2 rings (SSSR count). The van der Waals surface area contributed by atoms with Crippen LogP contribution in [0.5, 0.6) is 5.75 Å². The molecular formula is C17H22N2O. The summed E-state index contributed by atoms with van der Waals surface area (Å²) >= 11 is 0. The lowest BCUT2D eigenvalue weighted by atomic mass is 10.1. The lowest BCUT2D eigenvalue weighted by Crippen LogP contribution is -2.10. The first-order valence-corrected chi connectivity index (χ1v) is 7.00. The van der Waals surface area contributed by atoms with E-state index in [2.05, 4.69) is 36.1 Å². The van der Waals surface area contributed by atoms with Crippen molar-refractivity contribution in [3.05, 3.63) is 48.0 Å². The Morgan fingerprint density at radius 1 is 1.00 bits per heavy atom. The van der Waals surface area contributed by atoms with Crippen LogP contribution in [-0.4, -0.2) is 13.7 Å². The summed E-state index contributed by atoms with van der Waals surface area (Å²) in [4.78, 5) is 2.11. The SMILES string of the molecule is CCOc1cc(N)cc(N(C)c2ccc(CC)cc2)c1.